The van der Waals surface area contributed by atoms with Gasteiger partial charge in [-0.05, 0) is 54.5 Å². The minimum Gasteiger partial charge on any atom is -0.493 e. The van der Waals surface area contributed by atoms with Crippen molar-refractivity contribution in [3.05, 3.63) is 71.5 Å². The molecule has 0 atom stereocenters. The van der Waals surface area contributed by atoms with E-state index in [1.807, 2.05) is 68.5 Å². The van der Waals surface area contributed by atoms with Crippen LogP contribution in [0.2, 0.25) is 0 Å². The van der Waals surface area contributed by atoms with Crippen molar-refractivity contribution in [1.82, 2.24) is 9.97 Å². The number of ether oxygens (including phenoxy) is 1. The Hall–Kier alpha value is -3.58. The molecule has 0 aliphatic heterocycles. The summed E-state index contributed by atoms with van der Waals surface area (Å²) in [5.74, 6) is 1.32. The Morgan fingerprint density at radius 3 is 2.85 bits per heavy atom. The van der Waals surface area contributed by atoms with Gasteiger partial charge in [-0.1, -0.05) is 36.4 Å². The monoisotopic (exact) mass is 353 g/mol. The summed E-state index contributed by atoms with van der Waals surface area (Å²) in [5, 5.41) is 11.9. The number of H-pyrrole nitrogens is 1. The third-order valence-corrected chi connectivity index (χ3v) is 4.53. The summed E-state index contributed by atoms with van der Waals surface area (Å²) in [6, 6.07) is 20.4. The lowest BCUT2D eigenvalue weighted by molar-refractivity contribution is 0.340. The third-order valence-electron chi connectivity index (χ3n) is 4.53. The van der Waals surface area contributed by atoms with E-state index < -0.39 is 0 Å². The van der Waals surface area contributed by atoms with Gasteiger partial charge in [0.15, 0.2) is 0 Å². The number of hydrogen-bond donors (Lipinski definition) is 1. The third kappa shape index (κ3) is 3.16. The zero-order valence-electron chi connectivity index (χ0n) is 15.3. The largest absolute Gasteiger partial charge is 0.493 e. The first-order chi connectivity index (χ1) is 13.2. The molecule has 0 saturated heterocycles. The summed E-state index contributed by atoms with van der Waals surface area (Å²) in [5.41, 5.74) is 4.28. The van der Waals surface area contributed by atoms with Gasteiger partial charge in [-0.2, -0.15) is 5.26 Å². The maximum atomic E-state index is 9.79. The fourth-order valence-corrected chi connectivity index (χ4v) is 3.25. The fraction of sp³-hybridized carbons (Fsp3) is 0.130. The van der Waals surface area contributed by atoms with Crippen LogP contribution in [0.4, 0.5) is 0 Å². The molecule has 132 valence electrons. The highest BCUT2D eigenvalue weighted by Crippen LogP contribution is 2.32. The molecule has 0 unspecified atom stereocenters. The van der Waals surface area contributed by atoms with Crippen LogP contribution in [-0.2, 0) is 0 Å². The number of nitrogens with zero attached hydrogens (tertiary/aromatic N) is 2. The minimum absolute atomic E-state index is 0.473. The molecule has 4 aromatic rings. The van der Waals surface area contributed by atoms with Crippen molar-refractivity contribution in [2.24, 2.45) is 0 Å². The Morgan fingerprint density at radius 2 is 2.04 bits per heavy atom. The maximum Gasteiger partial charge on any atom is 0.149 e. The second-order valence-corrected chi connectivity index (χ2v) is 6.41. The van der Waals surface area contributed by atoms with E-state index in [0.717, 1.165) is 38.7 Å². The zero-order chi connectivity index (χ0) is 18.8. The molecule has 0 radical (unpaired) electrons. The highest BCUT2D eigenvalue weighted by Gasteiger charge is 2.12. The lowest BCUT2D eigenvalue weighted by Gasteiger charge is -2.11. The Labute approximate surface area is 157 Å². The number of aryl methyl sites for hydroxylation is 1. The van der Waals surface area contributed by atoms with Crippen LogP contribution in [0.25, 0.3) is 33.5 Å². The van der Waals surface area contributed by atoms with E-state index in [9.17, 15) is 5.26 Å². The average molecular weight is 353 g/mol. The van der Waals surface area contributed by atoms with Crippen LogP contribution < -0.4 is 4.74 Å². The van der Waals surface area contributed by atoms with Crippen molar-refractivity contribution in [3.63, 3.8) is 0 Å². The molecular weight excluding hydrogens is 334 g/mol. The van der Waals surface area contributed by atoms with Gasteiger partial charge in [-0.15, -0.1) is 0 Å². The van der Waals surface area contributed by atoms with Crippen LogP contribution in [0.5, 0.6) is 5.75 Å². The Kier molecular flexibility index (Phi) is 4.35. The predicted octanol–water partition coefficient (Wildman–Crippen LogP) is 5.49. The highest BCUT2D eigenvalue weighted by atomic mass is 16.5. The molecule has 0 aliphatic carbocycles. The molecule has 0 fully saturated rings. The number of hydrogen-bond acceptors (Lipinski definition) is 3. The number of nitrogens with one attached hydrogen (secondary N) is 1. The van der Waals surface area contributed by atoms with Crippen LogP contribution in [0.15, 0.2) is 54.6 Å². The van der Waals surface area contributed by atoms with Crippen molar-refractivity contribution in [2.75, 3.05) is 6.61 Å². The number of benzene rings is 3. The van der Waals surface area contributed by atoms with Gasteiger partial charge in [0.1, 0.15) is 17.6 Å². The van der Waals surface area contributed by atoms with E-state index in [1.54, 1.807) is 0 Å². The van der Waals surface area contributed by atoms with Crippen LogP contribution in [-0.4, -0.2) is 16.6 Å². The van der Waals surface area contributed by atoms with E-state index in [-0.39, 0.29) is 0 Å². The molecular formula is C23H19N3O. The SMILES string of the molecule is CCOc1ccc2ccccc2c1/C=C(\C#N)c1nc2ccc(C)cc2[nH]1. The normalized spacial score (nSPS) is 11.7. The molecule has 4 nitrogen and oxygen atoms in total. The summed E-state index contributed by atoms with van der Waals surface area (Å²) in [7, 11) is 0. The molecule has 1 aromatic heterocycles. The van der Waals surface area contributed by atoms with Gasteiger partial charge < -0.3 is 9.72 Å². The van der Waals surface area contributed by atoms with Gasteiger partial charge in [-0.25, -0.2) is 4.98 Å². The second kappa shape index (κ2) is 6.97. The van der Waals surface area contributed by atoms with Crippen LogP contribution in [0.3, 0.4) is 0 Å². The van der Waals surface area contributed by atoms with Crippen molar-refractivity contribution >= 4 is 33.5 Å². The first kappa shape index (κ1) is 16.9. The average Bonchev–Trinajstić information content (AvgIpc) is 3.10. The Bertz CT molecular complexity index is 1210. The second-order valence-electron chi connectivity index (χ2n) is 6.41. The Balaban J connectivity index is 1.91. The summed E-state index contributed by atoms with van der Waals surface area (Å²) in [6.07, 6.45) is 1.86. The number of aromatic nitrogens is 2. The van der Waals surface area contributed by atoms with Crippen molar-refractivity contribution < 1.29 is 4.74 Å². The zero-order valence-corrected chi connectivity index (χ0v) is 15.3. The number of allylic oxidation sites excluding steroid dienone is 1. The lowest BCUT2D eigenvalue weighted by atomic mass is 10.0. The van der Waals surface area contributed by atoms with Crippen LogP contribution in [0, 0.1) is 18.3 Å². The van der Waals surface area contributed by atoms with E-state index >= 15 is 0 Å². The molecule has 0 spiro atoms. The molecule has 1 N–H and O–H groups in total. The lowest BCUT2D eigenvalue weighted by Crippen LogP contribution is -1.95. The van der Waals surface area contributed by atoms with Gasteiger partial charge in [0, 0.05) is 5.56 Å². The predicted molar refractivity (Wildman–Crippen MR) is 109 cm³/mol. The summed E-state index contributed by atoms with van der Waals surface area (Å²) >= 11 is 0. The van der Waals surface area contributed by atoms with E-state index in [2.05, 4.69) is 22.1 Å². The van der Waals surface area contributed by atoms with Gasteiger partial charge >= 0.3 is 0 Å². The first-order valence-corrected chi connectivity index (χ1v) is 8.92. The molecule has 27 heavy (non-hydrogen) atoms. The van der Waals surface area contributed by atoms with Crippen LogP contribution >= 0.6 is 0 Å². The number of fused-ring (bicyclic) bond motifs is 2. The van der Waals surface area contributed by atoms with Crippen molar-refractivity contribution in [3.8, 4) is 11.8 Å². The molecule has 3 aromatic carbocycles. The molecule has 0 aliphatic rings. The van der Waals surface area contributed by atoms with E-state index in [4.69, 9.17) is 4.74 Å². The first-order valence-electron chi connectivity index (χ1n) is 8.92. The molecule has 0 bridgehead atoms. The van der Waals surface area contributed by atoms with Gasteiger partial charge in [-0.3, -0.25) is 0 Å². The number of nitriles is 1. The fourth-order valence-electron chi connectivity index (χ4n) is 3.25. The summed E-state index contributed by atoms with van der Waals surface area (Å²) in [6.45, 7) is 4.55. The molecule has 0 amide bonds. The van der Waals surface area contributed by atoms with Crippen molar-refractivity contribution in [2.45, 2.75) is 13.8 Å². The molecule has 0 saturated carbocycles. The topological polar surface area (TPSA) is 61.7 Å². The van der Waals surface area contributed by atoms with E-state index in [0.29, 0.717) is 18.0 Å². The number of imidazole rings is 1. The summed E-state index contributed by atoms with van der Waals surface area (Å²) in [4.78, 5) is 7.85. The maximum absolute atomic E-state index is 9.79. The highest BCUT2D eigenvalue weighted by molar-refractivity contribution is 6.00. The standard InChI is InChI=1S/C23H19N3O/c1-3-27-22-11-9-16-6-4-5-7-18(16)19(22)13-17(14-24)23-25-20-10-8-15(2)12-21(20)26-23/h4-13H,3H2,1-2H3,(H,25,26)/b17-13+. The Morgan fingerprint density at radius 1 is 1.19 bits per heavy atom. The van der Waals surface area contributed by atoms with Gasteiger partial charge in [0.05, 0.1) is 23.2 Å². The van der Waals surface area contributed by atoms with Crippen LogP contribution in [0.1, 0.15) is 23.9 Å². The summed E-state index contributed by atoms with van der Waals surface area (Å²) < 4.78 is 5.82. The smallest absolute Gasteiger partial charge is 0.149 e. The number of rotatable bonds is 4. The van der Waals surface area contributed by atoms with E-state index in [1.165, 1.54) is 0 Å². The number of aromatic amines is 1. The van der Waals surface area contributed by atoms with Crippen molar-refractivity contribution in [1.29, 1.82) is 5.26 Å². The van der Waals surface area contributed by atoms with Gasteiger partial charge in [0.25, 0.3) is 0 Å². The molecule has 4 heteroatoms. The van der Waals surface area contributed by atoms with Gasteiger partial charge in [0.2, 0.25) is 0 Å². The molecule has 1 heterocycles. The minimum atomic E-state index is 0.473. The molecule has 4 rings (SSSR count). The quantitative estimate of drug-likeness (QED) is 0.494.